The van der Waals surface area contributed by atoms with Gasteiger partial charge in [-0.15, -0.1) is 5.10 Å². The molecule has 1 aliphatic heterocycles. The minimum Gasteiger partial charge on any atom is -0.492 e. The van der Waals surface area contributed by atoms with Crippen molar-refractivity contribution in [3.8, 4) is 17.5 Å². The van der Waals surface area contributed by atoms with Gasteiger partial charge in [0.25, 0.3) is 5.89 Å². The Morgan fingerprint density at radius 2 is 1.95 bits per heavy atom. The number of aromatic nitrogens is 6. The fourth-order valence-corrected chi connectivity index (χ4v) is 4.34. The number of nitrogens with zero attached hydrogens (tertiary/aromatic N) is 9. The number of rotatable bonds is 10. The summed E-state index contributed by atoms with van der Waals surface area (Å²) in [5.74, 6) is 1.26. The number of likely N-dealkylation sites (N-methyl/N-ethyl adjacent to an activating group) is 1. The average molecular weight is 563 g/mol. The van der Waals surface area contributed by atoms with Crippen LogP contribution in [0.4, 0.5) is 30.8 Å². The number of pyridine rings is 1. The lowest BCUT2D eigenvalue weighted by Gasteiger charge is -2.37. The van der Waals surface area contributed by atoms with E-state index in [9.17, 15) is 13.2 Å². The quantitative estimate of drug-likeness (QED) is 0.272. The summed E-state index contributed by atoms with van der Waals surface area (Å²) >= 11 is 0. The number of hydrogen-bond acceptors (Lipinski definition) is 12. The van der Waals surface area contributed by atoms with Gasteiger partial charge in [-0.2, -0.15) is 22.7 Å². The molecule has 214 valence electrons. The number of nitrogens with two attached hydrogens (primary N) is 1. The van der Waals surface area contributed by atoms with Crippen molar-refractivity contribution in [2.45, 2.75) is 12.6 Å². The molecule has 0 spiro atoms. The summed E-state index contributed by atoms with van der Waals surface area (Å²) in [6.45, 7) is 3.21. The number of aliphatic hydroxyl groups excluding tert-OH is 1. The minimum absolute atomic E-state index is 0.0265. The van der Waals surface area contributed by atoms with Crippen molar-refractivity contribution in [3.63, 3.8) is 0 Å². The predicted octanol–water partition coefficient (Wildman–Crippen LogP) is 1.79. The van der Waals surface area contributed by atoms with Crippen molar-refractivity contribution in [2.75, 3.05) is 75.1 Å². The van der Waals surface area contributed by atoms with Gasteiger partial charge in [-0.1, -0.05) is 0 Å². The van der Waals surface area contributed by atoms with E-state index in [0.29, 0.717) is 63.0 Å². The number of ether oxygens (including phenoxy) is 1. The van der Waals surface area contributed by atoms with Crippen molar-refractivity contribution < 1.29 is 27.4 Å². The van der Waals surface area contributed by atoms with Crippen LogP contribution in [0.15, 0.2) is 35.2 Å². The SMILES string of the molecule is CN(CCN1CCN(c2ncc(OCCCO)cc2C(F)(F)F)CC1)c1cc2nc(-c3ncco3)nn2c(N)n1. The van der Waals surface area contributed by atoms with Gasteiger partial charge >= 0.3 is 6.18 Å². The van der Waals surface area contributed by atoms with Crippen molar-refractivity contribution in [3.05, 3.63) is 36.4 Å². The summed E-state index contributed by atoms with van der Waals surface area (Å²) < 4.78 is 53.4. The second kappa shape index (κ2) is 11.5. The lowest BCUT2D eigenvalue weighted by Crippen LogP contribution is -2.49. The van der Waals surface area contributed by atoms with Crippen LogP contribution in [0.5, 0.6) is 5.75 Å². The maximum Gasteiger partial charge on any atom is 0.420 e. The molecule has 0 aromatic carbocycles. The fraction of sp³-hybridized carbons (Fsp3) is 0.458. The molecule has 0 aliphatic carbocycles. The maximum atomic E-state index is 13.8. The van der Waals surface area contributed by atoms with E-state index < -0.39 is 11.7 Å². The van der Waals surface area contributed by atoms with E-state index in [1.807, 2.05) is 11.9 Å². The highest BCUT2D eigenvalue weighted by Crippen LogP contribution is 2.37. The molecule has 4 aromatic rings. The first-order valence-corrected chi connectivity index (χ1v) is 12.7. The Balaban J connectivity index is 1.19. The molecule has 4 aromatic heterocycles. The van der Waals surface area contributed by atoms with Gasteiger partial charge in [-0.05, 0) is 6.07 Å². The van der Waals surface area contributed by atoms with Crippen LogP contribution in [0.1, 0.15) is 12.0 Å². The third-order valence-corrected chi connectivity index (χ3v) is 6.49. The molecule has 1 aliphatic rings. The number of alkyl halides is 3. The van der Waals surface area contributed by atoms with Crippen LogP contribution >= 0.6 is 0 Å². The van der Waals surface area contributed by atoms with Crippen LogP contribution < -0.4 is 20.3 Å². The Morgan fingerprint density at radius 3 is 2.65 bits per heavy atom. The molecule has 0 radical (unpaired) electrons. The Morgan fingerprint density at radius 1 is 1.15 bits per heavy atom. The van der Waals surface area contributed by atoms with Crippen molar-refractivity contribution in [1.82, 2.24) is 34.4 Å². The second-order valence-corrected chi connectivity index (χ2v) is 9.23. The van der Waals surface area contributed by atoms with Crippen LogP contribution in [-0.2, 0) is 6.18 Å². The molecule has 3 N–H and O–H groups in total. The van der Waals surface area contributed by atoms with Crippen LogP contribution in [0.3, 0.4) is 0 Å². The number of aliphatic hydroxyl groups is 1. The molecule has 40 heavy (non-hydrogen) atoms. The molecule has 13 nitrogen and oxygen atoms in total. The number of halogens is 3. The molecule has 5 heterocycles. The van der Waals surface area contributed by atoms with Gasteiger partial charge in [0.1, 0.15) is 29.2 Å². The molecule has 0 amide bonds. The smallest absolute Gasteiger partial charge is 0.420 e. The number of nitrogen functional groups attached to an aromatic ring is 1. The zero-order chi connectivity index (χ0) is 28.3. The Kier molecular flexibility index (Phi) is 7.88. The van der Waals surface area contributed by atoms with Crippen molar-refractivity contribution >= 4 is 23.2 Å². The summed E-state index contributed by atoms with van der Waals surface area (Å²) in [6, 6.07) is 2.73. The summed E-state index contributed by atoms with van der Waals surface area (Å²) in [6.07, 6.45) is -0.0270. The van der Waals surface area contributed by atoms with E-state index in [-0.39, 0.29) is 36.6 Å². The zero-order valence-corrected chi connectivity index (χ0v) is 21.8. The standard InChI is InChI=1S/C24H29F3N10O3/c1-34(18-14-19-31-20(22-29-3-12-40-22)33-37(19)23(28)32-18)4-5-35-6-8-36(9-7-35)21-17(24(25,26)27)13-16(15-30-21)39-11-2-10-38/h3,12-15,38H,2,4-11H2,1H3,(H2,28,32). The van der Waals surface area contributed by atoms with Gasteiger partial charge in [0.15, 0.2) is 5.65 Å². The fourth-order valence-electron chi connectivity index (χ4n) is 4.34. The van der Waals surface area contributed by atoms with Crippen molar-refractivity contribution in [1.29, 1.82) is 0 Å². The molecular weight excluding hydrogens is 533 g/mol. The molecule has 0 bridgehead atoms. The highest BCUT2D eigenvalue weighted by molar-refractivity contribution is 5.58. The molecule has 1 fully saturated rings. The number of piperazine rings is 1. The van der Waals surface area contributed by atoms with Gasteiger partial charge < -0.3 is 29.8 Å². The summed E-state index contributed by atoms with van der Waals surface area (Å²) in [5, 5.41) is 13.2. The van der Waals surface area contributed by atoms with Gasteiger partial charge in [0.05, 0.1) is 19.0 Å². The predicted molar refractivity (Wildman–Crippen MR) is 139 cm³/mol. The van der Waals surface area contributed by atoms with Gasteiger partial charge in [-0.25, -0.2) is 15.0 Å². The Labute approximate surface area is 227 Å². The van der Waals surface area contributed by atoms with Gasteiger partial charge in [0, 0.05) is 65.4 Å². The third kappa shape index (κ3) is 6.02. The first kappa shape index (κ1) is 27.4. The lowest BCUT2D eigenvalue weighted by atomic mass is 10.2. The minimum atomic E-state index is -4.58. The number of oxazole rings is 1. The third-order valence-electron chi connectivity index (χ3n) is 6.49. The molecule has 0 saturated carbocycles. The normalized spacial score (nSPS) is 14.7. The molecule has 1 saturated heterocycles. The maximum absolute atomic E-state index is 13.8. The van der Waals surface area contributed by atoms with E-state index in [1.54, 1.807) is 11.0 Å². The number of fused-ring (bicyclic) bond motifs is 1. The summed E-state index contributed by atoms with van der Waals surface area (Å²) in [4.78, 5) is 22.7. The molecule has 5 rings (SSSR count). The van der Waals surface area contributed by atoms with E-state index in [1.165, 1.54) is 23.2 Å². The molecule has 16 heteroatoms. The van der Waals surface area contributed by atoms with Crippen LogP contribution in [0.25, 0.3) is 17.4 Å². The van der Waals surface area contributed by atoms with Gasteiger partial charge in [0.2, 0.25) is 11.8 Å². The van der Waals surface area contributed by atoms with Gasteiger partial charge in [-0.3, -0.25) is 4.90 Å². The summed E-state index contributed by atoms with van der Waals surface area (Å²) in [5.41, 5.74) is 5.77. The monoisotopic (exact) mass is 562 g/mol. The number of hydrogen-bond donors (Lipinski definition) is 2. The van der Waals surface area contributed by atoms with Crippen molar-refractivity contribution in [2.24, 2.45) is 0 Å². The first-order valence-electron chi connectivity index (χ1n) is 12.7. The molecular formula is C24H29F3N10O3. The average Bonchev–Trinajstić information content (AvgIpc) is 3.62. The Bertz CT molecular complexity index is 1420. The highest BCUT2D eigenvalue weighted by atomic mass is 19.4. The lowest BCUT2D eigenvalue weighted by molar-refractivity contribution is -0.137. The molecule has 0 atom stereocenters. The van der Waals surface area contributed by atoms with E-state index in [4.69, 9.17) is 20.0 Å². The highest BCUT2D eigenvalue weighted by Gasteiger charge is 2.37. The largest absolute Gasteiger partial charge is 0.492 e. The van der Waals surface area contributed by atoms with E-state index >= 15 is 0 Å². The first-order chi connectivity index (χ1) is 19.2. The second-order valence-electron chi connectivity index (χ2n) is 9.23. The van der Waals surface area contributed by atoms with E-state index in [0.717, 1.165) is 6.07 Å². The van der Waals surface area contributed by atoms with E-state index in [2.05, 4.69) is 29.9 Å². The van der Waals surface area contributed by atoms with Crippen LogP contribution in [0.2, 0.25) is 0 Å². The summed E-state index contributed by atoms with van der Waals surface area (Å²) in [7, 11) is 1.88. The Hall–Kier alpha value is -4.18. The molecule has 0 unspecified atom stereocenters. The number of anilines is 3. The van der Waals surface area contributed by atoms with Crippen LogP contribution in [-0.4, -0.2) is 99.1 Å². The zero-order valence-electron chi connectivity index (χ0n) is 21.8. The van der Waals surface area contributed by atoms with Crippen LogP contribution in [0, 0.1) is 0 Å². The topological polar surface area (TPSA) is 147 Å².